The average molecular weight is 216 g/mol. The summed E-state index contributed by atoms with van der Waals surface area (Å²) >= 11 is 0. The van der Waals surface area contributed by atoms with E-state index in [-0.39, 0.29) is 5.60 Å². The van der Waals surface area contributed by atoms with Gasteiger partial charge in [0.05, 0.1) is 5.60 Å². The highest BCUT2D eigenvalue weighted by molar-refractivity contribution is 4.71. The van der Waals surface area contributed by atoms with Gasteiger partial charge in [-0.2, -0.15) is 0 Å². The van der Waals surface area contributed by atoms with Gasteiger partial charge < -0.3 is 15.0 Å². The highest BCUT2D eigenvalue weighted by atomic mass is 16.5. The van der Waals surface area contributed by atoms with Crippen molar-refractivity contribution in [3.05, 3.63) is 0 Å². The predicted octanol–water partition coefficient (Wildman–Crippen LogP) is 1.73. The number of rotatable bonds is 9. The van der Waals surface area contributed by atoms with Gasteiger partial charge in [0.1, 0.15) is 0 Å². The topological polar surface area (TPSA) is 24.5 Å². The zero-order valence-electron chi connectivity index (χ0n) is 11.1. The summed E-state index contributed by atoms with van der Waals surface area (Å²) in [6.07, 6.45) is 0. The van der Waals surface area contributed by atoms with Crippen LogP contribution < -0.4 is 5.32 Å². The first kappa shape index (κ1) is 14.9. The Morgan fingerprint density at radius 1 is 1.13 bits per heavy atom. The first-order valence-corrected chi connectivity index (χ1v) is 6.12. The fourth-order valence-corrected chi connectivity index (χ4v) is 1.61. The minimum absolute atomic E-state index is 0.0436. The van der Waals surface area contributed by atoms with Crippen LogP contribution >= 0.6 is 0 Å². The molecule has 3 heteroatoms. The van der Waals surface area contributed by atoms with E-state index in [1.165, 1.54) is 0 Å². The Hall–Kier alpha value is -0.120. The van der Waals surface area contributed by atoms with Gasteiger partial charge in [-0.3, -0.25) is 0 Å². The van der Waals surface area contributed by atoms with Crippen molar-refractivity contribution in [2.45, 2.75) is 40.2 Å². The van der Waals surface area contributed by atoms with E-state index in [2.05, 4.69) is 37.9 Å². The molecular formula is C12H28N2O. The van der Waals surface area contributed by atoms with Gasteiger partial charge in [-0.05, 0) is 33.9 Å². The lowest BCUT2D eigenvalue weighted by atomic mass is 10.1. The molecule has 0 rings (SSSR count). The third-order valence-corrected chi connectivity index (χ3v) is 2.59. The predicted molar refractivity (Wildman–Crippen MR) is 66.4 cm³/mol. The summed E-state index contributed by atoms with van der Waals surface area (Å²) in [5, 5.41) is 3.44. The Morgan fingerprint density at radius 2 is 1.73 bits per heavy atom. The normalized spacial score (nSPS) is 12.4. The molecule has 0 fully saturated rings. The molecule has 0 aliphatic carbocycles. The Kier molecular flexibility index (Phi) is 8.02. The first-order chi connectivity index (χ1) is 7.05. The van der Waals surface area contributed by atoms with Crippen LogP contribution in [-0.4, -0.2) is 49.8 Å². The molecule has 92 valence electrons. The summed E-state index contributed by atoms with van der Waals surface area (Å²) in [7, 11) is 0. The van der Waals surface area contributed by atoms with Crippen LogP contribution in [0.1, 0.15) is 34.6 Å². The van der Waals surface area contributed by atoms with Crippen molar-refractivity contribution in [2.24, 2.45) is 0 Å². The lowest BCUT2D eigenvalue weighted by molar-refractivity contribution is -0.00890. The largest absolute Gasteiger partial charge is 0.375 e. The smallest absolute Gasteiger partial charge is 0.0750 e. The number of ether oxygens (including phenoxy) is 1. The molecule has 0 saturated carbocycles. The standard InChI is InChI=1S/C12H28N2O/c1-6-14(7-2)10-9-13-11-12(4,5)15-8-3/h13H,6-11H2,1-5H3. The average Bonchev–Trinajstić information content (AvgIpc) is 2.18. The van der Waals surface area contributed by atoms with Crippen LogP contribution in [0.4, 0.5) is 0 Å². The van der Waals surface area contributed by atoms with E-state index < -0.39 is 0 Å². The summed E-state index contributed by atoms with van der Waals surface area (Å²) in [6, 6.07) is 0. The van der Waals surface area contributed by atoms with Crippen molar-refractivity contribution < 1.29 is 4.74 Å². The van der Waals surface area contributed by atoms with Gasteiger partial charge in [0, 0.05) is 26.2 Å². The Labute approximate surface area is 95.2 Å². The van der Waals surface area contributed by atoms with Crippen LogP contribution in [0, 0.1) is 0 Å². The van der Waals surface area contributed by atoms with Gasteiger partial charge in [-0.1, -0.05) is 13.8 Å². The Bertz CT molecular complexity index is 145. The third-order valence-electron chi connectivity index (χ3n) is 2.59. The highest BCUT2D eigenvalue weighted by Crippen LogP contribution is 2.06. The number of hydrogen-bond acceptors (Lipinski definition) is 3. The first-order valence-electron chi connectivity index (χ1n) is 6.12. The number of hydrogen-bond donors (Lipinski definition) is 1. The van der Waals surface area contributed by atoms with Crippen LogP contribution in [0.15, 0.2) is 0 Å². The SMILES string of the molecule is CCOC(C)(C)CNCCN(CC)CC. The van der Waals surface area contributed by atoms with Crippen molar-refractivity contribution in [1.82, 2.24) is 10.2 Å². The second-order valence-corrected chi connectivity index (χ2v) is 4.40. The molecular weight excluding hydrogens is 188 g/mol. The van der Waals surface area contributed by atoms with Crippen molar-refractivity contribution in [2.75, 3.05) is 39.3 Å². The van der Waals surface area contributed by atoms with Crippen LogP contribution in [0.3, 0.4) is 0 Å². The van der Waals surface area contributed by atoms with Crippen LogP contribution in [-0.2, 0) is 4.74 Å². The van der Waals surface area contributed by atoms with Crippen LogP contribution in [0.25, 0.3) is 0 Å². The van der Waals surface area contributed by atoms with Crippen molar-refractivity contribution >= 4 is 0 Å². The van der Waals surface area contributed by atoms with E-state index in [0.717, 1.165) is 39.3 Å². The van der Waals surface area contributed by atoms with E-state index in [0.29, 0.717) is 0 Å². The maximum absolute atomic E-state index is 5.61. The molecule has 0 bridgehead atoms. The van der Waals surface area contributed by atoms with Gasteiger partial charge in [-0.15, -0.1) is 0 Å². The van der Waals surface area contributed by atoms with Crippen molar-refractivity contribution in [3.63, 3.8) is 0 Å². The summed E-state index contributed by atoms with van der Waals surface area (Å²) in [5.41, 5.74) is -0.0436. The zero-order chi connectivity index (χ0) is 11.7. The summed E-state index contributed by atoms with van der Waals surface area (Å²) < 4.78 is 5.61. The molecule has 0 spiro atoms. The lowest BCUT2D eigenvalue weighted by Crippen LogP contribution is -2.41. The van der Waals surface area contributed by atoms with Gasteiger partial charge in [0.25, 0.3) is 0 Å². The second-order valence-electron chi connectivity index (χ2n) is 4.40. The summed E-state index contributed by atoms with van der Waals surface area (Å²) in [4.78, 5) is 2.42. The summed E-state index contributed by atoms with van der Waals surface area (Å²) in [6.45, 7) is 16.8. The minimum Gasteiger partial charge on any atom is -0.375 e. The Balaban J connectivity index is 3.52. The molecule has 0 atom stereocenters. The molecule has 0 saturated heterocycles. The maximum atomic E-state index is 5.61. The van der Waals surface area contributed by atoms with Gasteiger partial charge in [0.15, 0.2) is 0 Å². The van der Waals surface area contributed by atoms with Gasteiger partial charge in [-0.25, -0.2) is 0 Å². The molecule has 1 N–H and O–H groups in total. The number of likely N-dealkylation sites (N-methyl/N-ethyl adjacent to an activating group) is 1. The van der Waals surface area contributed by atoms with Gasteiger partial charge >= 0.3 is 0 Å². The fourth-order valence-electron chi connectivity index (χ4n) is 1.61. The van der Waals surface area contributed by atoms with Crippen molar-refractivity contribution in [1.29, 1.82) is 0 Å². The minimum atomic E-state index is -0.0436. The van der Waals surface area contributed by atoms with Crippen LogP contribution in [0.2, 0.25) is 0 Å². The fraction of sp³-hybridized carbons (Fsp3) is 1.00. The molecule has 0 aliphatic heterocycles. The van der Waals surface area contributed by atoms with Crippen molar-refractivity contribution in [3.8, 4) is 0 Å². The Morgan fingerprint density at radius 3 is 2.20 bits per heavy atom. The lowest BCUT2D eigenvalue weighted by Gasteiger charge is -2.26. The van der Waals surface area contributed by atoms with E-state index >= 15 is 0 Å². The molecule has 15 heavy (non-hydrogen) atoms. The molecule has 0 aliphatic rings. The van der Waals surface area contributed by atoms with E-state index in [4.69, 9.17) is 4.74 Å². The monoisotopic (exact) mass is 216 g/mol. The molecule has 0 radical (unpaired) electrons. The second kappa shape index (κ2) is 8.08. The van der Waals surface area contributed by atoms with E-state index in [1.54, 1.807) is 0 Å². The quantitative estimate of drug-likeness (QED) is 0.594. The molecule has 0 amide bonds. The molecule has 3 nitrogen and oxygen atoms in total. The molecule has 0 unspecified atom stereocenters. The van der Waals surface area contributed by atoms with E-state index in [1.807, 2.05) is 6.92 Å². The maximum Gasteiger partial charge on any atom is 0.0750 e. The molecule has 0 aromatic heterocycles. The van der Waals surface area contributed by atoms with E-state index in [9.17, 15) is 0 Å². The number of nitrogens with zero attached hydrogens (tertiary/aromatic N) is 1. The molecule has 0 heterocycles. The third kappa shape index (κ3) is 7.77. The van der Waals surface area contributed by atoms with Crippen LogP contribution in [0.5, 0.6) is 0 Å². The highest BCUT2D eigenvalue weighted by Gasteiger charge is 2.16. The number of nitrogens with one attached hydrogen (secondary N) is 1. The zero-order valence-corrected chi connectivity index (χ0v) is 11.1. The molecule has 0 aromatic rings. The molecule has 0 aromatic carbocycles. The van der Waals surface area contributed by atoms with Gasteiger partial charge in [0.2, 0.25) is 0 Å². The summed E-state index contributed by atoms with van der Waals surface area (Å²) in [5.74, 6) is 0.